The highest BCUT2D eigenvalue weighted by atomic mass is 35.5. The lowest BCUT2D eigenvalue weighted by Gasteiger charge is -2.12. The maximum atomic E-state index is 12.9. The minimum Gasteiger partial charge on any atom is -0.449 e. The summed E-state index contributed by atoms with van der Waals surface area (Å²) in [5.74, 6) is -1.73. The minimum atomic E-state index is -4.90. The van der Waals surface area contributed by atoms with Crippen LogP contribution in [-0.4, -0.2) is 9.97 Å². The van der Waals surface area contributed by atoms with Gasteiger partial charge in [-0.25, -0.2) is 4.98 Å². The second kappa shape index (κ2) is 5.72. The quantitative estimate of drug-likeness (QED) is 0.902. The summed E-state index contributed by atoms with van der Waals surface area (Å²) in [5, 5.41) is 0.209. The first-order valence-corrected chi connectivity index (χ1v) is 6.17. The fraction of sp³-hybridized carbons (Fsp3) is 0.0769. The molecule has 1 aromatic heterocycles. The molecular weight excluding hydrogens is 323 g/mol. The highest BCUT2D eigenvalue weighted by Gasteiger charge is 2.38. The smallest absolute Gasteiger partial charge is 0.437 e. The van der Waals surface area contributed by atoms with Crippen LogP contribution < -0.4 is 16.0 Å². The van der Waals surface area contributed by atoms with E-state index in [9.17, 15) is 18.0 Å². The summed E-state index contributed by atoms with van der Waals surface area (Å²) in [7, 11) is 0. The molecule has 0 aliphatic rings. The van der Waals surface area contributed by atoms with Crippen molar-refractivity contribution in [3.8, 4) is 11.5 Å². The molecule has 0 spiro atoms. The van der Waals surface area contributed by atoms with Gasteiger partial charge < -0.3 is 10.5 Å². The first-order valence-electron chi connectivity index (χ1n) is 5.79. The van der Waals surface area contributed by atoms with Crippen LogP contribution in [0.15, 0.2) is 29.6 Å². The van der Waals surface area contributed by atoms with Crippen LogP contribution in [0.1, 0.15) is 11.3 Å². The van der Waals surface area contributed by atoms with Crippen molar-refractivity contribution in [2.45, 2.75) is 6.18 Å². The lowest BCUT2D eigenvalue weighted by Crippen LogP contribution is -2.21. The van der Waals surface area contributed by atoms with Crippen molar-refractivity contribution in [2.75, 3.05) is 5.73 Å². The number of nitrogen functional groups attached to an aromatic ring is 1. The number of alkyl halides is 3. The summed E-state index contributed by atoms with van der Waals surface area (Å²) in [4.78, 5) is 16.7. The van der Waals surface area contributed by atoms with Crippen molar-refractivity contribution in [3.05, 3.63) is 51.4 Å². The van der Waals surface area contributed by atoms with Gasteiger partial charge in [0.05, 0.1) is 5.02 Å². The van der Waals surface area contributed by atoms with Gasteiger partial charge in [-0.3, -0.25) is 9.78 Å². The molecule has 0 atom stereocenters. The number of nitrogens with zero attached hydrogens (tertiary/aromatic N) is 1. The van der Waals surface area contributed by atoms with Gasteiger partial charge in [-0.05, 0) is 17.7 Å². The predicted octanol–water partition coefficient (Wildman–Crippen LogP) is 3.46. The summed E-state index contributed by atoms with van der Waals surface area (Å²) in [5.41, 5.74) is 3.02. The normalized spacial score (nSPS) is 11.3. The van der Waals surface area contributed by atoms with Crippen LogP contribution in [0, 0.1) is 0 Å². The Balaban J connectivity index is 2.52. The van der Waals surface area contributed by atoms with Gasteiger partial charge in [0.2, 0.25) is 11.7 Å². The van der Waals surface area contributed by atoms with Crippen molar-refractivity contribution < 1.29 is 17.9 Å². The van der Waals surface area contributed by atoms with Gasteiger partial charge in [-0.1, -0.05) is 24.3 Å². The van der Waals surface area contributed by atoms with E-state index in [4.69, 9.17) is 22.1 Å². The monoisotopic (exact) mass is 331 g/mol. The Labute approximate surface area is 127 Å². The average Bonchev–Trinajstić information content (AvgIpc) is 2.40. The van der Waals surface area contributed by atoms with E-state index in [2.05, 4.69) is 11.6 Å². The molecule has 0 unspecified atom stereocenters. The van der Waals surface area contributed by atoms with E-state index in [1.807, 2.05) is 4.98 Å². The number of nitrogens with two attached hydrogens (primary N) is 1. The second-order valence-corrected chi connectivity index (χ2v) is 4.52. The molecule has 0 aliphatic heterocycles. The Morgan fingerprint density at radius 1 is 1.41 bits per heavy atom. The fourth-order valence-corrected chi connectivity index (χ4v) is 1.87. The van der Waals surface area contributed by atoms with Crippen molar-refractivity contribution in [3.63, 3.8) is 0 Å². The summed E-state index contributed by atoms with van der Waals surface area (Å²) in [6, 6.07) is 4.09. The van der Waals surface area contributed by atoms with E-state index in [-0.39, 0.29) is 10.8 Å². The van der Waals surface area contributed by atoms with Crippen molar-refractivity contribution in [1.29, 1.82) is 0 Å². The molecule has 0 bridgehead atoms. The number of rotatable bonds is 3. The number of hydrogen-bond acceptors (Lipinski definition) is 4. The number of aromatic amines is 1. The highest BCUT2D eigenvalue weighted by Crippen LogP contribution is 2.35. The summed E-state index contributed by atoms with van der Waals surface area (Å²) < 4.78 is 43.8. The first kappa shape index (κ1) is 15.9. The minimum absolute atomic E-state index is 0.0572. The number of benzene rings is 1. The van der Waals surface area contributed by atoms with Gasteiger partial charge in [0.1, 0.15) is 5.75 Å². The molecule has 9 heteroatoms. The van der Waals surface area contributed by atoms with Crippen molar-refractivity contribution in [1.82, 2.24) is 9.97 Å². The molecule has 3 N–H and O–H groups in total. The zero-order valence-corrected chi connectivity index (χ0v) is 11.6. The lowest BCUT2D eigenvalue weighted by molar-refractivity contribution is -0.142. The predicted molar refractivity (Wildman–Crippen MR) is 75.9 cm³/mol. The molecule has 1 heterocycles. The second-order valence-electron chi connectivity index (χ2n) is 4.12. The molecule has 2 rings (SSSR count). The molecule has 0 saturated heterocycles. The van der Waals surface area contributed by atoms with Crippen LogP contribution in [0.5, 0.6) is 11.5 Å². The van der Waals surface area contributed by atoms with E-state index in [1.165, 1.54) is 24.3 Å². The van der Waals surface area contributed by atoms with Crippen LogP contribution in [-0.2, 0) is 6.18 Å². The molecule has 0 radical (unpaired) electrons. The Kier molecular flexibility index (Phi) is 4.14. The maximum Gasteiger partial charge on any atom is 0.437 e. The molecule has 5 nitrogen and oxygen atoms in total. The molecule has 22 heavy (non-hydrogen) atoms. The molecule has 0 saturated carbocycles. The molecule has 0 fully saturated rings. The number of ether oxygens (including phenoxy) is 1. The van der Waals surface area contributed by atoms with Crippen LogP contribution in [0.25, 0.3) is 6.08 Å². The Hall–Kier alpha value is -2.48. The third-order valence-corrected chi connectivity index (χ3v) is 2.90. The molecular formula is C13H9ClF3N3O2. The van der Waals surface area contributed by atoms with E-state index in [0.29, 0.717) is 5.56 Å². The van der Waals surface area contributed by atoms with Crippen LogP contribution in [0.3, 0.4) is 0 Å². The van der Waals surface area contributed by atoms with Crippen LogP contribution >= 0.6 is 11.6 Å². The van der Waals surface area contributed by atoms with Gasteiger partial charge in [0, 0.05) is 6.07 Å². The standard InChI is InChI=1S/C13H9ClF3N3O2/c1-2-6-3-4-7(5-8(6)14)22-9-10(13(15,16)17)19-12(18)20-11(9)21/h2-5H,1H2,(H3,18,19,20,21). The molecule has 116 valence electrons. The van der Waals surface area contributed by atoms with Gasteiger partial charge in [0.25, 0.3) is 5.56 Å². The fourth-order valence-electron chi connectivity index (χ4n) is 1.62. The summed E-state index contributed by atoms with van der Waals surface area (Å²) >= 11 is 5.90. The first-order chi connectivity index (χ1) is 10.2. The SMILES string of the molecule is C=Cc1ccc(Oc2c(C(F)(F)F)nc(N)[nH]c2=O)cc1Cl. The van der Waals surface area contributed by atoms with Gasteiger partial charge in [0.15, 0.2) is 5.69 Å². The number of H-pyrrole nitrogens is 1. The van der Waals surface area contributed by atoms with E-state index < -0.39 is 29.1 Å². The number of anilines is 1. The van der Waals surface area contributed by atoms with Gasteiger partial charge in [-0.15, -0.1) is 0 Å². The van der Waals surface area contributed by atoms with E-state index >= 15 is 0 Å². The highest BCUT2D eigenvalue weighted by molar-refractivity contribution is 6.32. The third-order valence-electron chi connectivity index (χ3n) is 2.58. The van der Waals surface area contributed by atoms with Crippen molar-refractivity contribution in [2.24, 2.45) is 0 Å². The lowest BCUT2D eigenvalue weighted by atomic mass is 10.2. The summed E-state index contributed by atoms with van der Waals surface area (Å²) in [6.45, 7) is 3.52. The topological polar surface area (TPSA) is 81.0 Å². The third kappa shape index (κ3) is 3.22. The Morgan fingerprint density at radius 2 is 2.09 bits per heavy atom. The van der Waals surface area contributed by atoms with Crippen LogP contribution in [0.2, 0.25) is 5.02 Å². The summed E-state index contributed by atoms with van der Waals surface area (Å²) in [6.07, 6.45) is -3.44. The van der Waals surface area contributed by atoms with E-state index in [0.717, 1.165) is 0 Å². The number of aromatic nitrogens is 2. The molecule has 0 amide bonds. The number of hydrogen-bond donors (Lipinski definition) is 2. The Bertz CT molecular complexity index is 787. The molecule has 0 aliphatic carbocycles. The largest absolute Gasteiger partial charge is 0.449 e. The maximum absolute atomic E-state index is 12.9. The Morgan fingerprint density at radius 3 is 2.64 bits per heavy atom. The molecule has 2 aromatic rings. The van der Waals surface area contributed by atoms with Crippen molar-refractivity contribution >= 4 is 23.6 Å². The zero-order chi connectivity index (χ0) is 16.5. The van der Waals surface area contributed by atoms with Gasteiger partial charge in [-0.2, -0.15) is 13.2 Å². The van der Waals surface area contributed by atoms with E-state index in [1.54, 1.807) is 0 Å². The van der Waals surface area contributed by atoms with Gasteiger partial charge >= 0.3 is 6.18 Å². The average molecular weight is 332 g/mol. The zero-order valence-electron chi connectivity index (χ0n) is 10.9. The molecule has 1 aromatic carbocycles. The number of nitrogens with one attached hydrogen (secondary N) is 1. The van der Waals surface area contributed by atoms with Crippen LogP contribution in [0.4, 0.5) is 19.1 Å². The number of halogens is 4.